The van der Waals surface area contributed by atoms with E-state index in [-0.39, 0.29) is 0 Å². The lowest BCUT2D eigenvalue weighted by atomic mass is 10.1. The minimum Gasteiger partial charge on any atom is -0.497 e. The van der Waals surface area contributed by atoms with Gasteiger partial charge >= 0.3 is 0 Å². The lowest BCUT2D eigenvalue weighted by Crippen LogP contribution is -2.23. The fourth-order valence-corrected chi connectivity index (χ4v) is 1.44. The van der Waals surface area contributed by atoms with Crippen LogP contribution < -0.4 is 10.1 Å². The first-order valence-corrected chi connectivity index (χ1v) is 5.50. The van der Waals surface area contributed by atoms with E-state index in [0.29, 0.717) is 12.0 Å². The molecule has 1 atom stereocenters. The van der Waals surface area contributed by atoms with Crippen molar-refractivity contribution in [3.8, 4) is 5.75 Å². The van der Waals surface area contributed by atoms with Crippen LogP contribution in [-0.4, -0.2) is 13.7 Å². The molecule has 0 aromatic heterocycles. The summed E-state index contributed by atoms with van der Waals surface area (Å²) in [6.07, 6.45) is 0. The fraction of sp³-hybridized carbons (Fsp3) is 0.538. The zero-order chi connectivity index (χ0) is 11.3. The standard InChI is InChI=1S/C13H21NO/c1-10(2)9-14-11(3)12-6-5-7-13(8-12)15-4/h5-8,10-11,14H,9H2,1-4H3. The van der Waals surface area contributed by atoms with E-state index >= 15 is 0 Å². The SMILES string of the molecule is COc1cccc(C(C)NCC(C)C)c1. The first kappa shape index (κ1) is 12.1. The Labute approximate surface area is 92.6 Å². The third-order valence-electron chi connectivity index (χ3n) is 2.43. The highest BCUT2D eigenvalue weighted by Gasteiger charge is 2.05. The molecule has 1 aromatic rings. The lowest BCUT2D eigenvalue weighted by Gasteiger charge is -2.16. The number of hydrogen-bond acceptors (Lipinski definition) is 2. The third kappa shape index (κ3) is 3.92. The number of methoxy groups -OCH3 is 1. The van der Waals surface area contributed by atoms with Gasteiger partial charge in [-0.2, -0.15) is 0 Å². The van der Waals surface area contributed by atoms with E-state index in [1.807, 2.05) is 12.1 Å². The third-order valence-corrected chi connectivity index (χ3v) is 2.43. The summed E-state index contributed by atoms with van der Waals surface area (Å²) in [7, 11) is 1.70. The van der Waals surface area contributed by atoms with E-state index in [4.69, 9.17) is 4.74 Å². The highest BCUT2D eigenvalue weighted by Crippen LogP contribution is 2.18. The maximum Gasteiger partial charge on any atom is 0.119 e. The maximum atomic E-state index is 5.20. The Bertz CT molecular complexity index is 296. The van der Waals surface area contributed by atoms with Gasteiger partial charge in [0, 0.05) is 6.04 Å². The average Bonchev–Trinajstić information content (AvgIpc) is 2.26. The number of ether oxygens (including phenoxy) is 1. The molecule has 84 valence electrons. The molecule has 0 saturated heterocycles. The van der Waals surface area contributed by atoms with Crippen molar-refractivity contribution in [3.63, 3.8) is 0 Å². The minimum absolute atomic E-state index is 0.377. The van der Waals surface area contributed by atoms with Crippen molar-refractivity contribution in [1.29, 1.82) is 0 Å². The molecule has 1 rings (SSSR count). The van der Waals surface area contributed by atoms with Gasteiger partial charge in [-0.1, -0.05) is 26.0 Å². The van der Waals surface area contributed by atoms with E-state index in [9.17, 15) is 0 Å². The van der Waals surface area contributed by atoms with Gasteiger partial charge < -0.3 is 10.1 Å². The molecule has 2 heteroatoms. The highest BCUT2D eigenvalue weighted by atomic mass is 16.5. The summed E-state index contributed by atoms with van der Waals surface area (Å²) in [5, 5.41) is 3.49. The molecule has 1 unspecified atom stereocenters. The van der Waals surface area contributed by atoms with Crippen molar-refractivity contribution in [1.82, 2.24) is 5.32 Å². The maximum absolute atomic E-state index is 5.20. The quantitative estimate of drug-likeness (QED) is 0.801. The van der Waals surface area contributed by atoms with Crippen molar-refractivity contribution in [2.24, 2.45) is 5.92 Å². The summed E-state index contributed by atoms with van der Waals surface area (Å²) in [5.74, 6) is 1.60. The van der Waals surface area contributed by atoms with Crippen LogP contribution in [0.15, 0.2) is 24.3 Å². The molecule has 0 aliphatic carbocycles. The molecule has 2 nitrogen and oxygen atoms in total. The number of hydrogen-bond donors (Lipinski definition) is 1. The number of nitrogens with one attached hydrogen (secondary N) is 1. The number of rotatable bonds is 5. The molecule has 1 aromatic carbocycles. The van der Waals surface area contributed by atoms with Crippen LogP contribution in [0.3, 0.4) is 0 Å². The van der Waals surface area contributed by atoms with Crippen LogP contribution in [0, 0.1) is 5.92 Å². The van der Waals surface area contributed by atoms with E-state index in [1.54, 1.807) is 7.11 Å². The Morgan fingerprint density at radius 2 is 2.00 bits per heavy atom. The van der Waals surface area contributed by atoms with Crippen LogP contribution in [-0.2, 0) is 0 Å². The van der Waals surface area contributed by atoms with Crippen LogP contribution in [0.25, 0.3) is 0 Å². The van der Waals surface area contributed by atoms with Gasteiger partial charge in [0.25, 0.3) is 0 Å². The summed E-state index contributed by atoms with van der Waals surface area (Å²) in [4.78, 5) is 0. The second-order valence-corrected chi connectivity index (χ2v) is 4.30. The molecule has 0 aliphatic heterocycles. The molecular formula is C13H21NO. The van der Waals surface area contributed by atoms with Crippen LogP contribution in [0.4, 0.5) is 0 Å². The van der Waals surface area contributed by atoms with Crippen molar-refractivity contribution < 1.29 is 4.74 Å². The molecule has 0 heterocycles. The van der Waals surface area contributed by atoms with Crippen LogP contribution in [0.2, 0.25) is 0 Å². The van der Waals surface area contributed by atoms with Crippen molar-refractivity contribution in [3.05, 3.63) is 29.8 Å². The highest BCUT2D eigenvalue weighted by molar-refractivity contribution is 5.30. The van der Waals surface area contributed by atoms with Crippen LogP contribution >= 0.6 is 0 Å². The van der Waals surface area contributed by atoms with Gasteiger partial charge in [0.1, 0.15) is 5.75 Å². The molecule has 15 heavy (non-hydrogen) atoms. The second-order valence-electron chi connectivity index (χ2n) is 4.30. The van der Waals surface area contributed by atoms with E-state index < -0.39 is 0 Å². The van der Waals surface area contributed by atoms with E-state index in [1.165, 1.54) is 5.56 Å². The van der Waals surface area contributed by atoms with E-state index in [0.717, 1.165) is 12.3 Å². The molecule has 0 bridgehead atoms. The van der Waals surface area contributed by atoms with Gasteiger partial charge in [-0.25, -0.2) is 0 Å². The van der Waals surface area contributed by atoms with Crippen molar-refractivity contribution in [2.75, 3.05) is 13.7 Å². The summed E-state index contributed by atoms with van der Waals surface area (Å²) in [5.41, 5.74) is 1.27. The van der Waals surface area contributed by atoms with E-state index in [2.05, 4.69) is 38.2 Å². The van der Waals surface area contributed by atoms with Gasteiger partial charge in [-0.3, -0.25) is 0 Å². The molecule has 0 fully saturated rings. The Morgan fingerprint density at radius 3 is 2.60 bits per heavy atom. The molecule has 1 N–H and O–H groups in total. The Kier molecular flexibility index (Phi) is 4.63. The first-order chi connectivity index (χ1) is 7.13. The predicted octanol–water partition coefficient (Wildman–Crippen LogP) is 3.00. The summed E-state index contributed by atoms with van der Waals surface area (Å²) in [6.45, 7) is 7.64. The molecule has 0 saturated carbocycles. The predicted molar refractivity (Wildman–Crippen MR) is 64.2 cm³/mol. The lowest BCUT2D eigenvalue weighted by molar-refractivity contribution is 0.413. The van der Waals surface area contributed by atoms with Gasteiger partial charge in [0.2, 0.25) is 0 Å². The monoisotopic (exact) mass is 207 g/mol. The van der Waals surface area contributed by atoms with Gasteiger partial charge in [0.15, 0.2) is 0 Å². The Balaban J connectivity index is 2.60. The average molecular weight is 207 g/mol. The van der Waals surface area contributed by atoms with Crippen LogP contribution in [0.5, 0.6) is 5.75 Å². The largest absolute Gasteiger partial charge is 0.497 e. The summed E-state index contributed by atoms with van der Waals surface area (Å²) in [6, 6.07) is 8.58. The second kappa shape index (κ2) is 5.76. The van der Waals surface area contributed by atoms with Crippen molar-refractivity contribution in [2.45, 2.75) is 26.8 Å². The summed E-state index contributed by atoms with van der Waals surface area (Å²) < 4.78 is 5.20. The zero-order valence-corrected chi connectivity index (χ0v) is 10.1. The smallest absolute Gasteiger partial charge is 0.119 e. The number of benzene rings is 1. The van der Waals surface area contributed by atoms with Gasteiger partial charge in [-0.05, 0) is 37.1 Å². The van der Waals surface area contributed by atoms with Gasteiger partial charge in [0.05, 0.1) is 7.11 Å². The van der Waals surface area contributed by atoms with Gasteiger partial charge in [-0.15, -0.1) is 0 Å². The summed E-state index contributed by atoms with van der Waals surface area (Å²) >= 11 is 0. The Hall–Kier alpha value is -1.02. The molecule has 0 amide bonds. The minimum atomic E-state index is 0.377. The fourth-order valence-electron chi connectivity index (χ4n) is 1.44. The first-order valence-electron chi connectivity index (χ1n) is 5.50. The zero-order valence-electron chi connectivity index (χ0n) is 10.1. The molecule has 0 aliphatic rings. The normalized spacial score (nSPS) is 12.9. The molecule has 0 radical (unpaired) electrons. The van der Waals surface area contributed by atoms with Crippen molar-refractivity contribution >= 4 is 0 Å². The van der Waals surface area contributed by atoms with Crippen LogP contribution in [0.1, 0.15) is 32.4 Å². The topological polar surface area (TPSA) is 21.3 Å². The Morgan fingerprint density at radius 1 is 1.27 bits per heavy atom. The molecule has 0 spiro atoms. The molecular weight excluding hydrogens is 186 g/mol.